The predicted octanol–water partition coefficient (Wildman–Crippen LogP) is 0.449. The number of nitrogens with zero attached hydrogens (tertiary/aromatic N) is 8. The van der Waals surface area contributed by atoms with Crippen LogP contribution >= 0.6 is 0 Å². The number of aromatic nitrogens is 5. The van der Waals surface area contributed by atoms with Crippen LogP contribution in [-0.4, -0.2) is 87.8 Å². The van der Waals surface area contributed by atoms with E-state index in [1.807, 2.05) is 6.20 Å². The Kier molecular flexibility index (Phi) is 5.01. The van der Waals surface area contributed by atoms with E-state index >= 15 is 0 Å². The molecule has 30 heavy (non-hydrogen) atoms. The molecule has 0 saturated carbocycles. The molecule has 3 aromatic heterocycles. The Balaban J connectivity index is 1.37. The Morgan fingerprint density at radius 3 is 2.23 bits per heavy atom. The van der Waals surface area contributed by atoms with Crippen LogP contribution in [0.15, 0.2) is 41.5 Å². The topological polar surface area (TPSA) is 106 Å². The number of ether oxygens (including phenoxy) is 1. The van der Waals surface area contributed by atoms with Crippen LogP contribution in [0, 0.1) is 0 Å². The number of anilines is 2. The number of piperazine rings is 1. The summed E-state index contributed by atoms with van der Waals surface area (Å²) < 4.78 is 12.5. The summed E-state index contributed by atoms with van der Waals surface area (Å²) in [5, 5.41) is 0. The first-order valence-electron chi connectivity index (χ1n) is 9.93. The van der Waals surface area contributed by atoms with Crippen LogP contribution in [0.25, 0.3) is 5.95 Å². The van der Waals surface area contributed by atoms with Gasteiger partial charge in [0.15, 0.2) is 5.76 Å². The van der Waals surface area contributed by atoms with Crippen LogP contribution in [0.5, 0.6) is 0 Å². The van der Waals surface area contributed by atoms with Crippen molar-refractivity contribution in [2.24, 2.45) is 0 Å². The van der Waals surface area contributed by atoms with Crippen molar-refractivity contribution in [1.82, 2.24) is 29.4 Å². The van der Waals surface area contributed by atoms with Gasteiger partial charge in [-0.2, -0.15) is 15.0 Å². The number of hydrogen-bond donors (Lipinski definition) is 0. The van der Waals surface area contributed by atoms with E-state index in [-0.39, 0.29) is 5.91 Å². The number of carbonyl (C=O) groups excluding carboxylic acids is 1. The highest BCUT2D eigenvalue weighted by molar-refractivity contribution is 5.91. The van der Waals surface area contributed by atoms with Gasteiger partial charge in [-0.1, -0.05) is 0 Å². The fourth-order valence-corrected chi connectivity index (χ4v) is 3.55. The fraction of sp³-hybridized carbons (Fsp3) is 0.421. The zero-order valence-corrected chi connectivity index (χ0v) is 16.4. The van der Waals surface area contributed by atoms with Gasteiger partial charge in [-0.3, -0.25) is 9.36 Å². The van der Waals surface area contributed by atoms with Crippen molar-refractivity contribution in [2.75, 3.05) is 62.3 Å². The van der Waals surface area contributed by atoms with Crippen molar-refractivity contribution in [3.8, 4) is 5.95 Å². The van der Waals surface area contributed by atoms with Gasteiger partial charge in [0.1, 0.15) is 6.33 Å². The molecular weight excluding hydrogens is 388 g/mol. The third kappa shape index (κ3) is 3.71. The van der Waals surface area contributed by atoms with E-state index in [9.17, 15) is 4.79 Å². The molecule has 2 aliphatic heterocycles. The maximum absolute atomic E-state index is 12.5. The number of furan rings is 1. The first-order chi connectivity index (χ1) is 14.8. The summed E-state index contributed by atoms with van der Waals surface area (Å²) in [7, 11) is 0. The van der Waals surface area contributed by atoms with E-state index in [0.717, 1.165) is 13.1 Å². The Bertz CT molecular complexity index is 977. The van der Waals surface area contributed by atoms with E-state index in [1.165, 1.54) is 6.26 Å². The average Bonchev–Trinajstić information content (AvgIpc) is 3.54. The summed E-state index contributed by atoms with van der Waals surface area (Å²) in [5.74, 6) is 2.01. The van der Waals surface area contributed by atoms with Crippen molar-refractivity contribution in [3.05, 3.63) is 42.9 Å². The molecule has 1 amide bonds. The van der Waals surface area contributed by atoms with E-state index < -0.39 is 0 Å². The molecule has 0 N–H and O–H groups in total. The van der Waals surface area contributed by atoms with Gasteiger partial charge >= 0.3 is 0 Å². The Labute approximate surface area is 172 Å². The lowest BCUT2D eigenvalue weighted by molar-refractivity contribution is 0.0714. The summed E-state index contributed by atoms with van der Waals surface area (Å²) in [6.07, 6.45) is 6.68. The lowest BCUT2D eigenvalue weighted by atomic mass is 10.3. The van der Waals surface area contributed by atoms with Gasteiger partial charge in [-0.15, -0.1) is 0 Å². The van der Waals surface area contributed by atoms with Gasteiger partial charge < -0.3 is 23.9 Å². The van der Waals surface area contributed by atoms with Crippen molar-refractivity contribution >= 4 is 17.8 Å². The van der Waals surface area contributed by atoms with Gasteiger partial charge in [0.2, 0.25) is 17.8 Å². The van der Waals surface area contributed by atoms with Crippen molar-refractivity contribution in [1.29, 1.82) is 0 Å². The molecule has 0 atom stereocenters. The first-order valence-corrected chi connectivity index (χ1v) is 9.93. The molecule has 0 bridgehead atoms. The van der Waals surface area contributed by atoms with Crippen molar-refractivity contribution in [2.45, 2.75) is 0 Å². The Morgan fingerprint density at radius 1 is 0.900 bits per heavy atom. The maximum atomic E-state index is 12.5. The smallest absolute Gasteiger partial charge is 0.289 e. The number of rotatable bonds is 4. The van der Waals surface area contributed by atoms with Crippen LogP contribution in [0.1, 0.15) is 10.6 Å². The number of amides is 1. The second-order valence-electron chi connectivity index (χ2n) is 7.06. The minimum absolute atomic E-state index is 0.0941. The summed E-state index contributed by atoms with van der Waals surface area (Å²) in [5.41, 5.74) is 0. The second-order valence-corrected chi connectivity index (χ2v) is 7.06. The minimum Gasteiger partial charge on any atom is -0.459 e. The standard InChI is InChI=1S/C19H22N8O3/c28-16(15-2-1-11-30-15)24-5-7-25(8-6-24)17-21-18(26-9-12-29-13-10-26)23-19(22-17)27-4-3-20-14-27/h1-4,11,14H,5-10,12-13H2. The summed E-state index contributed by atoms with van der Waals surface area (Å²) >= 11 is 0. The molecular formula is C19H22N8O3. The van der Waals surface area contributed by atoms with Crippen LogP contribution in [0.2, 0.25) is 0 Å². The third-order valence-electron chi connectivity index (χ3n) is 5.21. The summed E-state index contributed by atoms with van der Waals surface area (Å²) in [4.78, 5) is 36.6. The maximum Gasteiger partial charge on any atom is 0.289 e. The van der Waals surface area contributed by atoms with Gasteiger partial charge in [-0.05, 0) is 12.1 Å². The number of imidazole rings is 1. The first kappa shape index (κ1) is 18.6. The van der Waals surface area contributed by atoms with E-state index in [0.29, 0.717) is 63.0 Å². The molecule has 156 valence electrons. The number of morpholine rings is 1. The lowest BCUT2D eigenvalue weighted by Crippen LogP contribution is -2.49. The zero-order valence-electron chi connectivity index (χ0n) is 16.4. The average molecular weight is 410 g/mol. The monoisotopic (exact) mass is 410 g/mol. The van der Waals surface area contributed by atoms with Gasteiger partial charge in [0.05, 0.1) is 19.5 Å². The highest BCUT2D eigenvalue weighted by Crippen LogP contribution is 2.19. The number of carbonyl (C=O) groups is 1. The molecule has 0 aromatic carbocycles. The van der Waals surface area contributed by atoms with E-state index in [1.54, 1.807) is 34.1 Å². The van der Waals surface area contributed by atoms with Crippen LogP contribution in [0.4, 0.5) is 11.9 Å². The van der Waals surface area contributed by atoms with Crippen LogP contribution in [-0.2, 0) is 4.74 Å². The zero-order chi connectivity index (χ0) is 20.3. The molecule has 5 heterocycles. The fourth-order valence-electron chi connectivity index (χ4n) is 3.55. The molecule has 11 heteroatoms. The number of hydrogen-bond acceptors (Lipinski definition) is 9. The van der Waals surface area contributed by atoms with E-state index in [4.69, 9.17) is 14.1 Å². The second kappa shape index (κ2) is 8.11. The molecule has 2 aliphatic rings. The molecule has 0 spiro atoms. The normalized spacial score (nSPS) is 17.4. The quantitative estimate of drug-likeness (QED) is 0.606. The van der Waals surface area contributed by atoms with Crippen LogP contribution < -0.4 is 9.80 Å². The lowest BCUT2D eigenvalue weighted by Gasteiger charge is -2.35. The van der Waals surface area contributed by atoms with Gasteiger partial charge in [0, 0.05) is 51.7 Å². The SMILES string of the molecule is O=C(c1ccco1)N1CCN(c2nc(N3CCOCC3)nc(-n3ccnc3)n2)CC1. The van der Waals surface area contributed by atoms with Crippen molar-refractivity contribution in [3.63, 3.8) is 0 Å². The minimum atomic E-state index is -0.0941. The molecule has 0 unspecified atom stereocenters. The van der Waals surface area contributed by atoms with Gasteiger partial charge in [0.25, 0.3) is 5.91 Å². The molecule has 5 rings (SSSR count). The molecule has 11 nitrogen and oxygen atoms in total. The molecule has 0 aliphatic carbocycles. The highest BCUT2D eigenvalue weighted by Gasteiger charge is 2.26. The third-order valence-corrected chi connectivity index (χ3v) is 5.21. The van der Waals surface area contributed by atoms with Crippen molar-refractivity contribution < 1.29 is 13.9 Å². The predicted molar refractivity (Wildman–Crippen MR) is 107 cm³/mol. The van der Waals surface area contributed by atoms with Gasteiger partial charge in [-0.25, -0.2) is 4.98 Å². The Morgan fingerprint density at radius 2 is 1.60 bits per heavy atom. The summed E-state index contributed by atoms with van der Waals surface area (Å²) in [6.45, 7) is 5.16. The largest absolute Gasteiger partial charge is 0.459 e. The highest BCUT2D eigenvalue weighted by atomic mass is 16.5. The molecule has 2 saturated heterocycles. The Hall–Kier alpha value is -3.47. The van der Waals surface area contributed by atoms with Crippen LogP contribution in [0.3, 0.4) is 0 Å². The molecule has 0 radical (unpaired) electrons. The molecule has 2 fully saturated rings. The summed E-state index contributed by atoms with van der Waals surface area (Å²) in [6, 6.07) is 3.41. The molecule has 3 aromatic rings. The van der Waals surface area contributed by atoms with E-state index in [2.05, 4.69) is 24.8 Å².